The second kappa shape index (κ2) is 4.97. The maximum atomic E-state index is 11.6. The highest BCUT2D eigenvalue weighted by atomic mass is 16.5. The van der Waals surface area contributed by atoms with Crippen LogP contribution in [0.2, 0.25) is 0 Å². The number of amides is 2. The van der Waals surface area contributed by atoms with E-state index in [9.17, 15) is 4.79 Å². The van der Waals surface area contributed by atoms with Crippen molar-refractivity contribution in [3.63, 3.8) is 0 Å². The highest BCUT2D eigenvalue weighted by Gasteiger charge is 2.25. The molecule has 1 unspecified atom stereocenters. The van der Waals surface area contributed by atoms with Crippen molar-refractivity contribution in [2.24, 2.45) is 5.73 Å². The first-order valence-electron chi connectivity index (χ1n) is 5.01. The van der Waals surface area contributed by atoms with E-state index in [2.05, 4.69) is 5.32 Å². The minimum absolute atomic E-state index is 0.0305. The number of nitrogens with two attached hydrogens (primary N) is 1. The predicted octanol–water partition coefficient (Wildman–Crippen LogP) is -0.259. The van der Waals surface area contributed by atoms with Crippen LogP contribution in [0.1, 0.15) is 13.8 Å². The molecular formula is C9H18N4O2. The molecule has 1 saturated heterocycles. The zero-order valence-electron chi connectivity index (χ0n) is 9.12. The highest BCUT2D eigenvalue weighted by molar-refractivity contribution is 5.83. The summed E-state index contributed by atoms with van der Waals surface area (Å²) in [5, 5.41) is 10.0. The molecule has 1 aliphatic heterocycles. The van der Waals surface area contributed by atoms with Crippen molar-refractivity contribution < 1.29 is 9.53 Å². The largest absolute Gasteiger partial charge is 0.385 e. The number of hydrogen-bond donors (Lipinski definition) is 3. The van der Waals surface area contributed by atoms with Gasteiger partial charge in [-0.15, -0.1) is 0 Å². The van der Waals surface area contributed by atoms with Crippen molar-refractivity contribution in [3.05, 3.63) is 0 Å². The Labute approximate surface area is 89.3 Å². The Balaban J connectivity index is 2.48. The fraction of sp³-hybridized carbons (Fsp3) is 0.778. The van der Waals surface area contributed by atoms with E-state index in [-0.39, 0.29) is 17.9 Å². The molecule has 6 heteroatoms. The Bertz CT molecular complexity index is 254. The van der Waals surface area contributed by atoms with E-state index in [1.54, 1.807) is 4.90 Å². The summed E-state index contributed by atoms with van der Waals surface area (Å²) in [4.78, 5) is 13.2. The van der Waals surface area contributed by atoms with Gasteiger partial charge in [0.1, 0.15) is 11.9 Å². The Morgan fingerprint density at radius 3 is 2.87 bits per heavy atom. The molecule has 2 amide bonds. The first kappa shape index (κ1) is 11.8. The van der Waals surface area contributed by atoms with Gasteiger partial charge >= 0.3 is 6.03 Å². The minimum Gasteiger partial charge on any atom is -0.385 e. The molecule has 1 atom stereocenters. The van der Waals surface area contributed by atoms with Gasteiger partial charge in [0.25, 0.3) is 0 Å². The van der Waals surface area contributed by atoms with Crippen LogP contribution in [0, 0.1) is 5.41 Å². The summed E-state index contributed by atoms with van der Waals surface area (Å²) >= 11 is 0. The molecule has 0 spiro atoms. The minimum atomic E-state index is -0.461. The van der Waals surface area contributed by atoms with E-state index in [1.165, 1.54) is 0 Å². The second-order valence-electron chi connectivity index (χ2n) is 3.86. The number of morpholine rings is 1. The number of hydrogen-bond acceptors (Lipinski definition) is 3. The van der Waals surface area contributed by atoms with Gasteiger partial charge in [-0.3, -0.25) is 5.41 Å². The summed E-state index contributed by atoms with van der Waals surface area (Å²) in [5.74, 6) is -0.0305. The third-order valence-electron chi connectivity index (χ3n) is 2.11. The lowest BCUT2D eigenvalue weighted by Gasteiger charge is -2.32. The van der Waals surface area contributed by atoms with Crippen LogP contribution in [0.15, 0.2) is 0 Å². The molecule has 1 rings (SSSR count). The van der Waals surface area contributed by atoms with Crippen molar-refractivity contribution in [2.75, 3.05) is 19.7 Å². The second-order valence-corrected chi connectivity index (χ2v) is 3.86. The molecule has 0 radical (unpaired) electrons. The Hall–Kier alpha value is -1.30. The van der Waals surface area contributed by atoms with Crippen LogP contribution in [-0.4, -0.2) is 48.6 Å². The zero-order chi connectivity index (χ0) is 11.4. The van der Waals surface area contributed by atoms with Crippen LogP contribution in [0.3, 0.4) is 0 Å². The molecule has 6 nitrogen and oxygen atoms in total. The molecule has 1 aliphatic rings. The van der Waals surface area contributed by atoms with Gasteiger partial charge in [-0.2, -0.15) is 0 Å². The smallest absolute Gasteiger partial charge is 0.317 e. The molecule has 0 aromatic carbocycles. The standard InChI is InChI=1S/C9H18N4O2/c1-6(2)12-9(14)13-3-4-15-7(5-13)8(10)11/h6-7H,3-5H2,1-2H3,(H3,10,11)(H,12,14). The van der Waals surface area contributed by atoms with Gasteiger partial charge in [-0.05, 0) is 13.8 Å². The Morgan fingerprint density at radius 1 is 1.67 bits per heavy atom. The van der Waals surface area contributed by atoms with Crippen molar-refractivity contribution in [1.29, 1.82) is 5.41 Å². The van der Waals surface area contributed by atoms with Crippen LogP contribution in [-0.2, 0) is 4.74 Å². The summed E-state index contributed by atoms with van der Waals surface area (Å²) in [6.07, 6.45) is -0.461. The quantitative estimate of drug-likeness (QED) is 0.437. The lowest BCUT2D eigenvalue weighted by atomic mass is 10.2. The van der Waals surface area contributed by atoms with E-state index < -0.39 is 6.10 Å². The fourth-order valence-electron chi connectivity index (χ4n) is 1.36. The van der Waals surface area contributed by atoms with Gasteiger partial charge in [-0.25, -0.2) is 4.79 Å². The first-order chi connectivity index (χ1) is 7.00. The lowest BCUT2D eigenvalue weighted by Crippen LogP contribution is -2.53. The number of amidine groups is 1. The van der Waals surface area contributed by atoms with E-state index in [0.29, 0.717) is 19.7 Å². The third kappa shape index (κ3) is 3.39. The molecule has 0 bridgehead atoms. The summed E-state index contributed by atoms with van der Waals surface area (Å²) < 4.78 is 5.25. The highest BCUT2D eigenvalue weighted by Crippen LogP contribution is 2.05. The molecule has 4 N–H and O–H groups in total. The number of carbonyl (C=O) groups excluding carboxylic acids is 1. The number of rotatable bonds is 2. The summed E-state index contributed by atoms with van der Waals surface area (Å²) in [7, 11) is 0. The molecule has 86 valence electrons. The lowest BCUT2D eigenvalue weighted by molar-refractivity contribution is 0.0206. The first-order valence-corrected chi connectivity index (χ1v) is 5.01. The van der Waals surface area contributed by atoms with Gasteiger partial charge < -0.3 is 20.7 Å². The van der Waals surface area contributed by atoms with Gasteiger partial charge in [-0.1, -0.05) is 0 Å². The van der Waals surface area contributed by atoms with E-state index in [4.69, 9.17) is 15.9 Å². The number of nitrogens with one attached hydrogen (secondary N) is 2. The van der Waals surface area contributed by atoms with Crippen LogP contribution in [0.5, 0.6) is 0 Å². The molecule has 1 heterocycles. The maximum absolute atomic E-state index is 11.6. The molecule has 1 fully saturated rings. The molecule has 0 saturated carbocycles. The average Bonchev–Trinajstić information content (AvgIpc) is 2.17. The van der Waals surface area contributed by atoms with Crippen molar-refractivity contribution >= 4 is 11.9 Å². The zero-order valence-corrected chi connectivity index (χ0v) is 9.12. The van der Waals surface area contributed by atoms with Crippen LogP contribution >= 0.6 is 0 Å². The Kier molecular flexibility index (Phi) is 3.90. The van der Waals surface area contributed by atoms with Gasteiger partial charge in [0.05, 0.1) is 13.2 Å². The predicted molar refractivity (Wildman–Crippen MR) is 56.9 cm³/mol. The average molecular weight is 214 g/mol. The van der Waals surface area contributed by atoms with Crippen LogP contribution in [0.25, 0.3) is 0 Å². The SMILES string of the molecule is CC(C)NC(=O)N1CCOC(C(=N)N)C1. The fourth-order valence-corrected chi connectivity index (χ4v) is 1.36. The molecule has 15 heavy (non-hydrogen) atoms. The van der Waals surface area contributed by atoms with E-state index >= 15 is 0 Å². The Morgan fingerprint density at radius 2 is 2.33 bits per heavy atom. The number of urea groups is 1. The number of carbonyl (C=O) groups is 1. The van der Waals surface area contributed by atoms with Crippen molar-refractivity contribution in [2.45, 2.75) is 26.0 Å². The summed E-state index contributed by atoms with van der Waals surface area (Å²) in [6.45, 7) is 5.13. The summed E-state index contributed by atoms with van der Waals surface area (Å²) in [5.41, 5.74) is 5.33. The normalized spacial score (nSPS) is 21.5. The topological polar surface area (TPSA) is 91.4 Å². The molecule has 0 aromatic heterocycles. The molecule has 0 aliphatic carbocycles. The maximum Gasteiger partial charge on any atom is 0.317 e. The van der Waals surface area contributed by atoms with Crippen LogP contribution < -0.4 is 11.1 Å². The monoisotopic (exact) mass is 214 g/mol. The molecular weight excluding hydrogens is 196 g/mol. The molecule has 0 aromatic rings. The van der Waals surface area contributed by atoms with Gasteiger partial charge in [0.2, 0.25) is 0 Å². The van der Waals surface area contributed by atoms with E-state index in [1.807, 2.05) is 13.8 Å². The van der Waals surface area contributed by atoms with Gasteiger partial charge in [0.15, 0.2) is 0 Å². The van der Waals surface area contributed by atoms with Crippen LogP contribution in [0.4, 0.5) is 4.79 Å². The number of nitrogens with zero attached hydrogens (tertiary/aromatic N) is 1. The van der Waals surface area contributed by atoms with Gasteiger partial charge in [0, 0.05) is 12.6 Å². The van der Waals surface area contributed by atoms with Crippen molar-refractivity contribution in [1.82, 2.24) is 10.2 Å². The van der Waals surface area contributed by atoms with Crippen molar-refractivity contribution in [3.8, 4) is 0 Å². The third-order valence-corrected chi connectivity index (χ3v) is 2.11. The summed E-state index contributed by atoms with van der Waals surface area (Å²) in [6, 6.07) is -0.0179. The number of ether oxygens (including phenoxy) is 1. The van der Waals surface area contributed by atoms with E-state index in [0.717, 1.165) is 0 Å².